The first-order valence-corrected chi connectivity index (χ1v) is 9.09. The van der Waals surface area contributed by atoms with Crippen LogP contribution in [0.5, 0.6) is 5.75 Å². The molecule has 1 aliphatic rings. The molecule has 1 saturated carbocycles. The minimum absolute atomic E-state index is 0.165. The first-order chi connectivity index (χ1) is 13.4. The van der Waals surface area contributed by atoms with Gasteiger partial charge in [-0.1, -0.05) is 12.1 Å². The van der Waals surface area contributed by atoms with Gasteiger partial charge in [0.15, 0.2) is 6.61 Å². The van der Waals surface area contributed by atoms with Crippen molar-refractivity contribution in [3.63, 3.8) is 0 Å². The summed E-state index contributed by atoms with van der Waals surface area (Å²) in [6.45, 7) is 3.49. The summed E-state index contributed by atoms with van der Waals surface area (Å²) in [5.74, 6) is -0.412. The number of nitriles is 1. The third kappa shape index (κ3) is 4.15. The van der Waals surface area contributed by atoms with E-state index in [-0.39, 0.29) is 11.4 Å². The molecule has 0 amide bonds. The molecule has 3 rings (SSSR count). The molecule has 0 radical (unpaired) electrons. The normalized spacial score (nSPS) is 13.7. The van der Waals surface area contributed by atoms with E-state index >= 15 is 0 Å². The van der Waals surface area contributed by atoms with Gasteiger partial charge in [-0.2, -0.15) is 5.26 Å². The van der Waals surface area contributed by atoms with Crippen LogP contribution in [0.25, 0.3) is 6.08 Å². The van der Waals surface area contributed by atoms with Crippen molar-refractivity contribution in [3.05, 3.63) is 58.4 Å². The number of aromatic nitrogens is 1. The first kappa shape index (κ1) is 19.4. The number of benzene rings is 1. The fourth-order valence-electron chi connectivity index (χ4n) is 3.24. The van der Waals surface area contributed by atoms with E-state index in [0.29, 0.717) is 22.9 Å². The summed E-state index contributed by atoms with van der Waals surface area (Å²) in [6.07, 6.45) is 3.67. The van der Waals surface area contributed by atoms with Crippen molar-refractivity contribution in [1.29, 1.82) is 5.26 Å². The number of methoxy groups -OCH3 is 1. The number of hydrogen-bond acceptors (Lipinski definition) is 5. The molecule has 0 N–H and O–H groups in total. The number of carbonyl (C=O) groups is 2. The van der Waals surface area contributed by atoms with E-state index in [4.69, 9.17) is 9.47 Å². The number of ketones is 1. The minimum atomic E-state index is -0.817. The summed E-state index contributed by atoms with van der Waals surface area (Å²) < 4.78 is 12.3. The van der Waals surface area contributed by atoms with E-state index in [9.17, 15) is 14.9 Å². The maximum Gasteiger partial charge on any atom is 0.349 e. The molecule has 28 heavy (non-hydrogen) atoms. The molecule has 0 atom stereocenters. The van der Waals surface area contributed by atoms with Crippen molar-refractivity contribution in [1.82, 2.24) is 4.57 Å². The Balaban J connectivity index is 1.66. The van der Waals surface area contributed by atoms with Gasteiger partial charge in [-0.15, -0.1) is 0 Å². The number of ether oxygens (including phenoxy) is 2. The van der Waals surface area contributed by atoms with Crippen molar-refractivity contribution in [2.75, 3.05) is 13.7 Å². The van der Waals surface area contributed by atoms with E-state index in [1.807, 2.05) is 26.0 Å². The van der Waals surface area contributed by atoms with Crippen LogP contribution in [0.3, 0.4) is 0 Å². The first-order valence-electron chi connectivity index (χ1n) is 9.09. The lowest BCUT2D eigenvalue weighted by Gasteiger charge is -2.08. The summed E-state index contributed by atoms with van der Waals surface area (Å²) in [4.78, 5) is 24.7. The molecule has 1 aromatic heterocycles. The average molecular weight is 378 g/mol. The van der Waals surface area contributed by atoms with Gasteiger partial charge in [0.2, 0.25) is 5.78 Å². The Morgan fingerprint density at radius 1 is 1.25 bits per heavy atom. The number of esters is 1. The van der Waals surface area contributed by atoms with Gasteiger partial charge in [0, 0.05) is 23.0 Å². The second-order valence-electron chi connectivity index (χ2n) is 6.83. The number of rotatable bonds is 7. The highest BCUT2D eigenvalue weighted by Crippen LogP contribution is 2.38. The average Bonchev–Trinajstić information content (AvgIpc) is 3.48. The van der Waals surface area contributed by atoms with Gasteiger partial charge in [0.1, 0.15) is 17.4 Å². The van der Waals surface area contributed by atoms with E-state index in [0.717, 1.165) is 24.2 Å². The summed E-state index contributed by atoms with van der Waals surface area (Å²) in [7, 11) is 1.56. The van der Waals surface area contributed by atoms with Gasteiger partial charge >= 0.3 is 5.97 Å². The molecule has 1 heterocycles. The SMILES string of the molecule is COc1ccc(/C=C(\C#N)C(=O)OCC(=O)c2cc(C)n(C3CC3)c2C)cc1. The Kier molecular flexibility index (Phi) is 5.65. The molecule has 0 spiro atoms. The Labute approximate surface area is 164 Å². The van der Waals surface area contributed by atoms with Gasteiger partial charge < -0.3 is 14.0 Å². The smallest absolute Gasteiger partial charge is 0.349 e. The molecule has 0 unspecified atom stereocenters. The third-order valence-corrected chi connectivity index (χ3v) is 4.80. The second-order valence-corrected chi connectivity index (χ2v) is 6.83. The Hall–Kier alpha value is -3.33. The van der Waals surface area contributed by atoms with Crippen LogP contribution in [-0.4, -0.2) is 30.0 Å². The van der Waals surface area contributed by atoms with E-state index in [1.54, 1.807) is 31.4 Å². The Morgan fingerprint density at radius 2 is 1.93 bits per heavy atom. The minimum Gasteiger partial charge on any atom is -0.497 e. The number of Topliss-reactive ketones (excluding diaryl/α,β-unsaturated/α-hetero) is 1. The molecular weight excluding hydrogens is 356 g/mol. The van der Waals surface area contributed by atoms with Crippen molar-refractivity contribution >= 4 is 17.8 Å². The summed E-state index contributed by atoms with van der Waals surface area (Å²) >= 11 is 0. The van der Waals surface area contributed by atoms with Crippen LogP contribution in [0, 0.1) is 25.2 Å². The highest BCUT2D eigenvalue weighted by molar-refractivity contribution is 6.02. The molecule has 2 aromatic rings. The topological polar surface area (TPSA) is 81.3 Å². The monoisotopic (exact) mass is 378 g/mol. The number of aryl methyl sites for hydroxylation is 1. The molecule has 6 heteroatoms. The van der Waals surface area contributed by atoms with Crippen LogP contribution in [0.2, 0.25) is 0 Å². The van der Waals surface area contributed by atoms with Gasteiger partial charge in [0.05, 0.1) is 7.11 Å². The lowest BCUT2D eigenvalue weighted by atomic mass is 10.1. The molecule has 144 valence electrons. The maximum atomic E-state index is 12.5. The molecular formula is C22H22N2O4. The number of carbonyl (C=O) groups excluding carboxylic acids is 2. The highest BCUT2D eigenvalue weighted by Gasteiger charge is 2.28. The fourth-order valence-corrected chi connectivity index (χ4v) is 3.24. The van der Waals surface area contributed by atoms with Gasteiger partial charge in [-0.25, -0.2) is 4.79 Å². The molecule has 1 fully saturated rings. The van der Waals surface area contributed by atoms with E-state index in [1.165, 1.54) is 6.08 Å². The standard InChI is InChI=1S/C22H22N2O4/c1-14-10-20(15(2)24(14)18-6-7-18)21(25)13-28-22(26)17(12-23)11-16-4-8-19(27-3)9-5-16/h4-5,8-11,18H,6-7,13H2,1-3H3/b17-11+. The summed E-state index contributed by atoms with van der Waals surface area (Å²) in [5, 5.41) is 9.26. The van der Waals surface area contributed by atoms with Gasteiger partial charge in [-0.3, -0.25) is 4.79 Å². The van der Waals surface area contributed by atoms with Crippen LogP contribution < -0.4 is 4.74 Å². The molecule has 1 aromatic carbocycles. The van der Waals surface area contributed by atoms with Gasteiger partial charge in [0.25, 0.3) is 0 Å². The zero-order valence-corrected chi connectivity index (χ0v) is 16.2. The van der Waals surface area contributed by atoms with Crippen LogP contribution >= 0.6 is 0 Å². The summed E-state index contributed by atoms with van der Waals surface area (Å²) in [6, 6.07) is 11.0. The zero-order valence-electron chi connectivity index (χ0n) is 16.2. The highest BCUT2D eigenvalue weighted by atomic mass is 16.5. The molecule has 0 bridgehead atoms. The Bertz CT molecular complexity index is 973. The molecule has 0 aliphatic heterocycles. The van der Waals surface area contributed by atoms with Crippen LogP contribution in [0.4, 0.5) is 0 Å². The zero-order chi connectivity index (χ0) is 20.3. The van der Waals surface area contributed by atoms with Crippen molar-refractivity contribution in [3.8, 4) is 11.8 Å². The van der Waals surface area contributed by atoms with Crippen LogP contribution in [-0.2, 0) is 9.53 Å². The predicted octanol–water partition coefficient (Wildman–Crippen LogP) is 3.78. The lowest BCUT2D eigenvalue weighted by Crippen LogP contribution is -2.16. The quantitative estimate of drug-likeness (QED) is 0.317. The second kappa shape index (κ2) is 8.13. The molecule has 1 aliphatic carbocycles. The Morgan fingerprint density at radius 3 is 2.50 bits per heavy atom. The number of nitrogens with zero attached hydrogens (tertiary/aromatic N) is 2. The maximum absolute atomic E-state index is 12.5. The third-order valence-electron chi connectivity index (χ3n) is 4.80. The largest absolute Gasteiger partial charge is 0.497 e. The predicted molar refractivity (Wildman–Crippen MR) is 104 cm³/mol. The van der Waals surface area contributed by atoms with Crippen LogP contribution in [0.15, 0.2) is 35.9 Å². The molecule has 0 saturated heterocycles. The van der Waals surface area contributed by atoms with Crippen LogP contribution in [0.1, 0.15) is 46.2 Å². The number of hydrogen-bond donors (Lipinski definition) is 0. The fraction of sp³-hybridized carbons (Fsp3) is 0.318. The summed E-state index contributed by atoms with van der Waals surface area (Å²) in [5.41, 5.74) is 2.99. The van der Waals surface area contributed by atoms with Crippen molar-refractivity contribution < 1.29 is 19.1 Å². The lowest BCUT2D eigenvalue weighted by molar-refractivity contribution is -0.137. The van der Waals surface area contributed by atoms with Crippen molar-refractivity contribution in [2.45, 2.75) is 32.7 Å². The van der Waals surface area contributed by atoms with E-state index < -0.39 is 12.6 Å². The van der Waals surface area contributed by atoms with E-state index in [2.05, 4.69) is 4.57 Å². The molecule has 6 nitrogen and oxygen atoms in total. The van der Waals surface area contributed by atoms with Crippen molar-refractivity contribution in [2.24, 2.45) is 0 Å². The van der Waals surface area contributed by atoms with Gasteiger partial charge in [-0.05, 0) is 56.5 Å².